The van der Waals surface area contributed by atoms with Crippen molar-refractivity contribution < 1.29 is 23.9 Å². The normalized spacial score (nSPS) is 24.0. The fourth-order valence-corrected chi connectivity index (χ4v) is 5.16. The minimum atomic E-state index is -0.565. The highest BCUT2D eigenvalue weighted by Gasteiger charge is 2.48. The Labute approximate surface area is 204 Å². The molecule has 0 bridgehead atoms. The highest BCUT2D eigenvalue weighted by atomic mass is 16.5. The molecule has 2 heterocycles. The zero-order valence-electron chi connectivity index (χ0n) is 20.1. The lowest BCUT2D eigenvalue weighted by molar-refractivity contribution is -0.139. The van der Waals surface area contributed by atoms with Crippen LogP contribution in [0, 0.1) is 31.6 Å². The first-order valence-electron chi connectivity index (χ1n) is 12.0. The van der Waals surface area contributed by atoms with Crippen molar-refractivity contribution in [2.75, 3.05) is 16.3 Å². The Morgan fingerprint density at radius 2 is 1.54 bits per heavy atom. The molecule has 7 heteroatoms. The van der Waals surface area contributed by atoms with Gasteiger partial charge in [0.15, 0.2) is 0 Å². The lowest BCUT2D eigenvalue weighted by atomic mass is 9.82. The van der Waals surface area contributed by atoms with Gasteiger partial charge < -0.3 is 9.64 Å². The number of nitrogens with zero attached hydrogens (tertiary/aromatic N) is 2. The number of ether oxygens (including phenoxy) is 1. The number of benzene rings is 2. The highest BCUT2D eigenvalue weighted by Crippen LogP contribution is 2.40. The number of amides is 3. The second-order valence-electron chi connectivity index (χ2n) is 9.80. The maximum absolute atomic E-state index is 12.9. The lowest BCUT2D eigenvalue weighted by Crippen LogP contribution is -2.30. The summed E-state index contributed by atoms with van der Waals surface area (Å²) in [6.45, 7) is 6.25. The van der Waals surface area contributed by atoms with E-state index in [1.165, 1.54) is 4.90 Å². The summed E-state index contributed by atoms with van der Waals surface area (Å²) < 4.78 is 5.54. The summed E-state index contributed by atoms with van der Waals surface area (Å²) in [7, 11) is 0. The van der Waals surface area contributed by atoms with Crippen molar-refractivity contribution in [1.82, 2.24) is 0 Å². The number of allylic oxidation sites excluding steroid dienone is 2. The molecule has 0 spiro atoms. The molecule has 7 nitrogen and oxygen atoms in total. The van der Waals surface area contributed by atoms with E-state index in [0.717, 1.165) is 22.4 Å². The summed E-state index contributed by atoms with van der Waals surface area (Å²) in [5, 5.41) is 0. The molecule has 2 saturated heterocycles. The minimum absolute atomic E-state index is 0.0941. The van der Waals surface area contributed by atoms with Gasteiger partial charge >= 0.3 is 5.97 Å². The number of anilines is 2. The standard InChI is InChI=1S/C28H28N2O5/c1-16-4-11-23-24(12-16)27(33)30(26(23)32)20-7-9-22(10-8-20)35-28(34)19-14-25(31)29(15-19)21-6-5-17(2)18(3)13-21/h4-10,13,19,23-24H,11-12,14-15H2,1-3H3/t19-,23-,24-/m0/s1. The number of hydrogen-bond donors (Lipinski definition) is 0. The average Bonchev–Trinajstić information content (AvgIpc) is 3.34. The monoisotopic (exact) mass is 472 g/mol. The number of carbonyl (C=O) groups excluding carboxylic acids is 4. The smallest absolute Gasteiger partial charge is 0.316 e. The van der Waals surface area contributed by atoms with Crippen LogP contribution in [-0.4, -0.2) is 30.2 Å². The summed E-state index contributed by atoms with van der Waals surface area (Å²) in [5.74, 6) is -1.79. The molecule has 0 saturated carbocycles. The molecule has 2 fully saturated rings. The molecule has 0 radical (unpaired) electrons. The van der Waals surface area contributed by atoms with E-state index in [9.17, 15) is 19.2 Å². The topological polar surface area (TPSA) is 84.0 Å². The molecule has 2 aliphatic heterocycles. The minimum Gasteiger partial charge on any atom is -0.426 e. The first kappa shape index (κ1) is 23.0. The number of rotatable bonds is 4. The Morgan fingerprint density at radius 3 is 2.26 bits per heavy atom. The van der Waals surface area contributed by atoms with Crippen molar-refractivity contribution in [3.63, 3.8) is 0 Å². The zero-order valence-corrected chi connectivity index (χ0v) is 20.1. The Balaban J connectivity index is 1.24. The first-order chi connectivity index (χ1) is 16.7. The number of hydrogen-bond acceptors (Lipinski definition) is 5. The van der Waals surface area contributed by atoms with Crippen LogP contribution >= 0.6 is 0 Å². The molecule has 3 amide bonds. The summed E-state index contributed by atoms with van der Waals surface area (Å²) in [6, 6.07) is 12.2. The van der Waals surface area contributed by atoms with Gasteiger partial charge in [-0.05, 0) is 81.1 Å². The van der Waals surface area contributed by atoms with Gasteiger partial charge in [0.1, 0.15) is 5.75 Å². The van der Waals surface area contributed by atoms with Crippen LogP contribution in [0.4, 0.5) is 11.4 Å². The Bertz CT molecular complexity index is 1260. The van der Waals surface area contributed by atoms with E-state index in [1.54, 1.807) is 29.2 Å². The molecular weight excluding hydrogens is 444 g/mol. The summed E-state index contributed by atoms with van der Waals surface area (Å²) in [6.07, 6.45) is 3.33. The molecule has 5 rings (SSSR count). The van der Waals surface area contributed by atoms with Crippen LogP contribution in [-0.2, 0) is 19.2 Å². The van der Waals surface area contributed by atoms with Crippen molar-refractivity contribution in [3.05, 3.63) is 65.2 Å². The summed E-state index contributed by atoms with van der Waals surface area (Å²) in [4.78, 5) is 54.0. The van der Waals surface area contributed by atoms with E-state index in [2.05, 4.69) is 0 Å². The van der Waals surface area contributed by atoms with E-state index in [1.807, 2.05) is 45.0 Å². The van der Waals surface area contributed by atoms with Crippen LogP contribution in [0.15, 0.2) is 54.1 Å². The Hall–Kier alpha value is -3.74. The predicted molar refractivity (Wildman–Crippen MR) is 131 cm³/mol. The second kappa shape index (κ2) is 8.80. The zero-order chi connectivity index (χ0) is 24.9. The number of fused-ring (bicyclic) bond motifs is 1. The van der Waals surface area contributed by atoms with Gasteiger partial charge in [0.05, 0.1) is 23.4 Å². The molecule has 0 aromatic heterocycles. The molecule has 0 N–H and O–H groups in total. The number of esters is 1. The van der Waals surface area contributed by atoms with Gasteiger partial charge in [-0.15, -0.1) is 0 Å². The van der Waals surface area contributed by atoms with Crippen LogP contribution in [0.5, 0.6) is 5.75 Å². The van der Waals surface area contributed by atoms with Gasteiger partial charge in [0.25, 0.3) is 0 Å². The summed E-state index contributed by atoms with van der Waals surface area (Å²) in [5.41, 5.74) is 4.62. The highest BCUT2D eigenvalue weighted by molar-refractivity contribution is 6.22. The van der Waals surface area contributed by atoms with E-state index >= 15 is 0 Å². The van der Waals surface area contributed by atoms with Crippen LogP contribution in [0.1, 0.15) is 37.3 Å². The van der Waals surface area contributed by atoms with E-state index < -0.39 is 11.9 Å². The average molecular weight is 473 g/mol. The molecule has 35 heavy (non-hydrogen) atoms. The van der Waals surface area contributed by atoms with Gasteiger partial charge in [-0.2, -0.15) is 0 Å². The van der Waals surface area contributed by atoms with E-state index in [0.29, 0.717) is 24.3 Å². The van der Waals surface area contributed by atoms with Gasteiger partial charge in [0.2, 0.25) is 17.7 Å². The first-order valence-corrected chi connectivity index (χ1v) is 12.0. The lowest BCUT2D eigenvalue weighted by Gasteiger charge is -2.18. The largest absolute Gasteiger partial charge is 0.426 e. The Morgan fingerprint density at radius 1 is 0.857 bits per heavy atom. The van der Waals surface area contributed by atoms with Gasteiger partial charge in [-0.1, -0.05) is 17.7 Å². The van der Waals surface area contributed by atoms with Crippen LogP contribution in [0.25, 0.3) is 0 Å². The summed E-state index contributed by atoms with van der Waals surface area (Å²) >= 11 is 0. The fraction of sp³-hybridized carbons (Fsp3) is 0.357. The van der Waals surface area contributed by atoms with Crippen LogP contribution in [0.3, 0.4) is 0 Å². The molecule has 2 aromatic rings. The van der Waals surface area contributed by atoms with E-state index in [-0.39, 0.29) is 42.5 Å². The third-order valence-corrected chi connectivity index (χ3v) is 7.40. The maximum Gasteiger partial charge on any atom is 0.316 e. The van der Waals surface area contributed by atoms with Crippen molar-refractivity contribution in [2.45, 2.75) is 40.0 Å². The molecular formula is C28H28N2O5. The number of carbonyl (C=O) groups is 4. The van der Waals surface area contributed by atoms with Crippen molar-refractivity contribution in [1.29, 1.82) is 0 Å². The molecule has 0 unspecified atom stereocenters. The quantitative estimate of drug-likeness (QED) is 0.289. The van der Waals surface area contributed by atoms with Gasteiger partial charge in [-0.3, -0.25) is 24.1 Å². The fourth-order valence-electron chi connectivity index (χ4n) is 5.16. The van der Waals surface area contributed by atoms with Crippen LogP contribution < -0.4 is 14.5 Å². The third kappa shape index (κ3) is 4.16. The molecule has 180 valence electrons. The van der Waals surface area contributed by atoms with Crippen LogP contribution in [0.2, 0.25) is 0 Å². The van der Waals surface area contributed by atoms with Crippen molar-refractivity contribution in [2.24, 2.45) is 17.8 Å². The second-order valence-corrected chi connectivity index (χ2v) is 9.80. The number of imide groups is 1. The predicted octanol–water partition coefficient (Wildman–Crippen LogP) is 4.11. The third-order valence-electron chi connectivity index (χ3n) is 7.40. The van der Waals surface area contributed by atoms with Crippen molar-refractivity contribution >= 4 is 35.1 Å². The maximum atomic E-state index is 12.9. The Kier molecular flexibility index (Phi) is 5.79. The molecule has 1 aliphatic carbocycles. The van der Waals surface area contributed by atoms with Gasteiger partial charge in [-0.25, -0.2) is 0 Å². The molecule has 3 atom stereocenters. The SMILES string of the molecule is CC1=CC[C@@H]2C(=O)N(c3ccc(OC(=O)[C@H]4CC(=O)N(c5ccc(C)c(C)c5)C4)cc3)C(=O)[C@H]2C1. The number of aryl methyl sites for hydroxylation is 2. The van der Waals surface area contributed by atoms with E-state index in [4.69, 9.17) is 4.74 Å². The van der Waals surface area contributed by atoms with Gasteiger partial charge in [0, 0.05) is 18.7 Å². The van der Waals surface area contributed by atoms with Crippen molar-refractivity contribution in [3.8, 4) is 5.75 Å². The molecule has 3 aliphatic rings. The molecule has 2 aromatic carbocycles.